The van der Waals surface area contributed by atoms with Crippen LogP contribution < -0.4 is 11.1 Å². The van der Waals surface area contributed by atoms with Crippen LogP contribution >= 0.6 is 0 Å². The first kappa shape index (κ1) is 28.8. The van der Waals surface area contributed by atoms with Gasteiger partial charge in [-0.1, -0.05) is 42.0 Å². The maximum absolute atomic E-state index is 15.5. The average Bonchev–Trinajstić information content (AvgIpc) is 3.28. The molecule has 0 radical (unpaired) electrons. The van der Waals surface area contributed by atoms with E-state index in [-0.39, 0.29) is 44.5 Å². The SMILES string of the molecule is COC(=O)NCCCC(O)(c1cccc(F)c1-c1cccc(C)c1)C1CCCN(C(=O)N2CC(N)C(O)C2)C1. The third kappa shape index (κ3) is 6.34. The minimum Gasteiger partial charge on any atom is -0.453 e. The first-order chi connectivity index (χ1) is 18.6. The monoisotopic (exact) mass is 542 g/mol. The number of carbonyl (C=O) groups is 2. The lowest BCUT2D eigenvalue weighted by Crippen LogP contribution is -2.52. The summed E-state index contributed by atoms with van der Waals surface area (Å²) in [7, 11) is 1.28. The predicted molar refractivity (Wildman–Crippen MR) is 145 cm³/mol. The van der Waals surface area contributed by atoms with Gasteiger partial charge in [0.05, 0.1) is 18.8 Å². The molecule has 0 saturated carbocycles. The van der Waals surface area contributed by atoms with E-state index in [9.17, 15) is 19.8 Å². The van der Waals surface area contributed by atoms with Crippen LogP contribution in [0.4, 0.5) is 14.0 Å². The number of piperidine rings is 1. The van der Waals surface area contributed by atoms with E-state index in [1.165, 1.54) is 13.2 Å². The number of urea groups is 1. The second-order valence-electron chi connectivity index (χ2n) is 10.7. The number of alkyl carbamates (subject to hydrolysis) is 1. The zero-order valence-corrected chi connectivity index (χ0v) is 22.6. The summed E-state index contributed by atoms with van der Waals surface area (Å²) in [6.45, 7) is 3.43. The number of nitrogens with two attached hydrogens (primary N) is 1. The third-order valence-corrected chi connectivity index (χ3v) is 7.95. The van der Waals surface area contributed by atoms with Crippen molar-refractivity contribution in [1.82, 2.24) is 15.1 Å². The molecule has 2 aliphatic rings. The zero-order chi connectivity index (χ0) is 28.2. The summed E-state index contributed by atoms with van der Waals surface area (Å²) in [5, 5.41) is 25.2. The van der Waals surface area contributed by atoms with Crippen LogP contribution in [0, 0.1) is 18.7 Å². The Balaban J connectivity index is 1.67. The van der Waals surface area contributed by atoms with E-state index in [4.69, 9.17) is 5.73 Å². The van der Waals surface area contributed by atoms with Crippen LogP contribution in [0.15, 0.2) is 42.5 Å². The Morgan fingerprint density at radius 3 is 2.64 bits per heavy atom. The minimum absolute atomic E-state index is 0.173. The van der Waals surface area contributed by atoms with Crippen LogP contribution in [0.5, 0.6) is 0 Å². The highest BCUT2D eigenvalue weighted by atomic mass is 19.1. The molecule has 4 atom stereocenters. The highest BCUT2D eigenvalue weighted by molar-refractivity contribution is 5.75. The Morgan fingerprint density at radius 2 is 1.95 bits per heavy atom. The highest BCUT2D eigenvalue weighted by Crippen LogP contribution is 2.44. The van der Waals surface area contributed by atoms with Crippen molar-refractivity contribution in [2.45, 2.75) is 50.4 Å². The van der Waals surface area contributed by atoms with Gasteiger partial charge >= 0.3 is 12.1 Å². The fraction of sp³-hybridized carbons (Fsp3) is 0.517. The first-order valence-corrected chi connectivity index (χ1v) is 13.5. The lowest BCUT2D eigenvalue weighted by Gasteiger charge is -2.44. The van der Waals surface area contributed by atoms with Crippen LogP contribution in [0.3, 0.4) is 0 Å². The molecule has 2 aliphatic heterocycles. The zero-order valence-electron chi connectivity index (χ0n) is 22.6. The topological polar surface area (TPSA) is 128 Å². The second-order valence-corrected chi connectivity index (χ2v) is 10.7. The number of likely N-dealkylation sites (tertiary alicyclic amines) is 2. The lowest BCUT2D eigenvalue weighted by molar-refractivity contribution is -0.0562. The van der Waals surface area contributed by atoms with Gasteiger partial charge in [0.25, 0.3) is 0 Å². The van der Waals surface area contributed by atoms with Gasteiger partial charge in [-0.2, -0.15) is 0 Å². The molecule has 3 amide bonds. The number of carbonyl (C=O) groups excluding carboxylic acids is 2. The minimum atomic E-state index is -1.49. The van der Waals surface area contributed by atoms with Crippen molar-refractivity contribution in [2.75, 3.05) is 39.8 Å². The average molecular weight is 543 g/mol. The quantitative estimate of drug-likeness (QED) is 0.399. The van der Waals surface area contributed by atoms with Crippen molar-refractivity contribution in [3.05, 3.63) is 59.4 Å². The molecule has 0 aromatic heterocycles. The van der Waals surface area contributed by atoms with E-state index in [1.54, 1.807) is 21.9 Å². The second kappa shape index (κ2) is 12.3. The molecule has 2 fully saturated rings. The van der Waals surface area contributed by atoms with Crippen LogP contribution in [0.25, 0.3) is 11.1 Å². The van der Waals surface area contributed by atoms with Gasteiger partial charge in [0.2, 0.25) is 0 Å². The van der Waals surface area contributed by atoms with Crippen molar-refractivity contribution in [3.8, 4) is 11.1 Å². The molecule has 10 heteroatoms. The van der Waals surface area contributed by atoms with Crippen molar-refractivity contribution >= 4 is 12.1 Å². The highest BCUT2D eigenvalue weighted by Gasteiger charge is 2.44. The molecule has 4 unspecified atom stereocenters. The van der Waals surface area contributed by atoms with Gasteiger partial charge in [-0.25, -0.2) is 14.0 Å². The molecule has 2 aromatic carbocycles. The molecule has 4 rings (SSSR count). The van der Waals surface area contributed by atoms with Gasteiger partial charge in [-0.05, 0) is 49.8 Å². The molecule has 2 heterocycles. The molecular weight excluding hydrogens is 503 g/mol. The van der Waals surface area contributed by atoms with E-state index in [0.29, 0.717) is 42.5 Å². The molecule has 2 aromatic rings. The Kier molecular flexibility index (Phi) is 9.09. The van der Waals surface area contributed by atoms with Crippen LogP contribution in [0.1, 0.15) is 36.8 Å². The normalized spacial score (nSPS) is 22.9. The van der Waals surface area contributed by atoms with Gasteiger partial charge in [0, 0.05) is 50.2 Å². The Bertz CT molecular complexity index is 1170. The number of methoxy groups -OCH3 is 1. The number of nitrogens with zero attached hydrogens (tertiary/aromatic N) is 2. The number of halogens is 1. The summed E-state index contributed by atoms with van der Waals surface area (Å²) in [5.41, 5.74) is 6.87. The summed E-state index contributed by atoms with van der Waals surface area (Å²) in [6.07, 6.45) is 0.614. The maximum Gasteiger partial charge on any atom is 0.406 e. The fourth-order valence-corrected chi connectivity index (χ4v) is 5.87. The number of aliphatic hydroxyl groups is 2. The first-order valence-electron chi connectivity index (χ1n) is 13.5. The number of hydrogen-bond donors (Lipinski definition) is 4. The van der Waals surface area contributed by atoms with Crippen LogP contribution in [-0.4, -0.2) is 84.1 Å². The maximum atomic E-state index is 15.5. The van der Waals surface area contributed by atoms with Gasteiger partial charge in [0.15, 0.2) is 0 Å². The predicted octanol–water partition coefficient (Wildman–Crippen LogP) is 2.96. The van der Waals surface area contributed by atoms with Crippen molar-refractivity contribution < 1.29 is 28.9 Å². The van der Waals surface area contributed by atoms with Gasteiger partial charge < -0.3 is 35.8 Å². The molecule has 5 N–H and O–H groups in total. The molecule has 0 aliphatic carbocycles. The number of aryl methyl sites for hydroxylation is 1. The van der Waals surface area contributed by atoms with E-state index < -0.39 is 29.7 Å². The van der Waals surface area contributed by atoms with E-state index >= 15 is 4.39 Å². The van der Waals surface area contributed by atoms with E-state index in [2.05, 4.69) is 10.1 Å². The smallest absolute Gasteiger partial charge is 0.406 e. The number of nitrogens with one attached hydrogen (secondary N) is 1. The molecule has 0 bridgehead atoms. The summed E-state index contributed by atoms with van der Waals surface area (Å²) in [5.74, 6) is -0.826. The number of amides is 3. The molecule has 0 spiro atoms. The molecule has 9 nitrogen and oxygen atoms in total. The molecule has 2 saturated heterocycles. The van der Waals surface area contributed by atoms with Crippen molar-refractivity contribution in [3.63, 3.8) is 0 Å². The fourth-order valence-electron chi connectivity index (χ4n) is 5.87. The number of rotatable bonds is 7. The van der Waals surface area contributed by atoms with Crippen molar-refractivity contribution in [1.29, 1.82) is 0 Å². The standard InChI is InChI=1S/C29H39FN4O5/c1-19-7-3-8-20(15-19)26-22(10-4-11-23(26)30)29(38,12-6-13-32-27(36)39-2)21-9-5-14-33(16-21)28(37)34-17-24(31)25(35)18-34/h3-4,7-8,10-11,15,21,24-25,35,38H,5-6,9,12-14,16-18,31H2,1-2H3,(H,32,36). The van der Waals surface area contributed by atoms with E-state index in [0.717, 1.165) is 5.56 Å². The number of hydrogen-bond acceptors (Lipinski definition) is 6. The Labute approximate surface area is 228 Å². The summed E-state index contributed by atoms with van der Waals surface area (Å²) < 4.78 is 20.2. The van der Waals surface area contributed by atoms with Gasteiger partial charge in [0.1, 0.15) is 5.82 Å². The number of β-amino-alcohol motifs (C(OH)–C–C–N with tert-alkyl or cyclic N) is 1. The van der Waals surface area contributed by atoms with Crippen LogP contribution in [0.2, 0.25) is 0 Å². The molecular formula is C29H39FN4O5. The molecule has 39 heavy (non-hydrogen) atoms. The van der Waals surface area contributed by atoms with E-state index in [1.807, 2.05) is 31.2 Å². The van der Waals surface area contributed by atoms with Crippen LogP contribution in [-0.2, 0) is 10.3 Å². The summed E-state index contributed by atoms with van der Waals surface area (Å²) in [6, 6.07) is 11.5. The number of benzene rings is 2. The lowest BCUT2D eigenvalue weighted by atomic mass is 9.72. The largest absolute Gasteiger partial charge is 0.453 e. The third-order valence-electron chi connectivity index (χ3n) is 7.95. The Morgan fingerprint density at radius 1 is 1.18 bits per heavy atom. The molecule has 212 valence electrons. The summed E-state index contributed by atoms with van der Waals surface area (Å²) in [4.78, 5) is 28.2. The Hall–Kier alpha value is -3.21. The number of ether oxygens (including phenoxy) is 1. The van der Waals surface area contributed by atoms with Gasteiger partial charge in [-0.3, -0.25) is 0 Å². The van der Waals surface area contributed by atoms with Gasteiger partial charge in [-0.15, -0.1) is 0 Å². The number of aliphatic hydroxyl groups excluding tert-OH is 1. The van der Waals surface area contributed by atoms with Crippen molar-refractivity contribution in [2.24, 2.45) is 11.7 Å². The summed E-state index contributed by atoms with van der Waals surface area (Å²) >= 11 is 0.